The monoisotopic (exact) mass is 547 g/mol. The lowest BCUT2D eigenvalue weighted by Crippen LogP contribution is -1.98. The zero-order valence-corrected chi connectivity index (χ0v) is 23.8. The summed E-state index contributed by atoms with van der Waals surface area (Å²) in [6.07, 6.45) is 6.88. The summed E-state index contributed by atoms with van der Waals surface area (Å²) >= 11 is 0. The average molecular weight is 548 g/mol. The molecule has 43 heavy (non-hydrogen) atoms. The summed E-state index contributed by atoms with van der Waals surface area (Å²) in [5.74, 6) is 0. The molecule has 1 aliphatic rings. The molecule has 0 unspecified atom stereocenters. The lowest BCUT2D eigenvalue weighted by molar-refractivity contribution is 1.00. The van der Waals surface area contributed by atoms with Gasteiger partial charge in [-0.2, -0.15) is 0 Å². The highest BCUT2D eigenvalue weighted by atomic mass is 15.0. The molecule has 0 fully saturated rings. The van der Waals surface area contributed by atoms with Crippen molar-refractivity contribution in [3.8, 4) is 27.9 Å². The zero-order valence-electron chi connectivity index (χ0n) is 23.8. The topological polar surface area (TPSA) is 4.93 Å². The maximum absolute atomic E-state index is 2.41. The van der Waals surface area contributed by atoms with Crippen molar-refractivity contribution in [2.45, 2.75) is 12.8 Å². The highest BCUT2D eigenvalue weighted by Gasteiger charge is 2.16. The third-order valence-corrected chi connectivity index (χ3v) is 9.24. The Bertz CT molecular complexity index is 2390. The first kappa shape index (κ1) is 24.2. The molecule has 1 aliphatic carbocycles. The van der Waals surface area contributed by atoms with E-state index in [9.17, 15) is 0 Å². The van der Waals surface area contributed by atoms with Gasteiger partial charge in [-0.1, -0.05) is 115 Å². The number of benzene rings is 7. The molecule has 0 saturated carbocycles. The van der Waals surface area contributed by atoms with Crippen LogP contribution >= 0.6 is 0 Å². The summed E-state index contributed by atoms with van der Waals surface area (Å²) in [4.78, 5) is 0. The van der Waals surface area contributed by atoms with Crippen molar-refractivity contribution in [1.82, 2.24) is 4.57 Å². The van der Waals surface area contributed by atoms with E-state index in [2.05, 4.69) is 156 Å². The van der Waals surface area contributed by atoms with Gasteiger partial charge in [0.1, 0.15) is 0 Å². The molecular weight excluding hydrogens is 518 g/mol. The van der Waals surface area contributed by atoms with Gasteiger partial charge < -0.3 is 4.57 Å². The number of hydrogen-bond acceptors (Lipinski definition) is 0. The molecule has 0 aliphatic heterocycles. The van der Waals surface area contributed by atoms with Crippen LogP contribution in [0.4, 0.5) is 0 Å². The lowest BCUT2D eigenvalue weighted by Gasteiger charge is -2.18. The molecule has 0 spiro atoms. The molecule has 1 heterocycles. The summed E-state index contributed by atoms with van der Waals surface area (Å²) in [6, 6.07) is 51.3. The number of allylic oxidation sites excluding steroid dienone is 1. The van der Waals surface area contributed by atoms with Gasteiger partial charge in [-0.3, -0.25) is 0 Å². The van der Waals surface area contributed by atoms with Gasteiger partial charge in [0.25, 0.3) is 0 Å². The third kappa shape index (κ3) is 3.78. The quantitative estimate of drug-likeness (QED) is 0.194. The first-order valence-electron chi connectivity index (χ1n) is 15.2. The number of rotatable bonds is 3. The molecule has 0 atom stereocenters. The molecule has 202 valence electrons. The van der Waals surface area contributed by atoms with Gasteiger partial charge in [0.15, 0.2) is 0 Å². The van der Waals surface area contributed by atoms with Crippen LogP contribution in [0.1, 0.15) is 17.5 Å². The maximum atomic E-state index is 2.41. The Balaban J connectivity index is 1.21. The largest absolute Gasteiger partial charge is 0.309 e. The van der Waals surface area contributed by atoms with E-state index in [1.165, 1.54) is 82.4 Å². The van der Waals surface area contributed by atoms with Crippen LogP contribution < -0.4 is 0 Å². The summed E-state index contributed by atoms with van der Waals surface area (Å²) in [5.41, 5.74) is 11.5. The van der Waals surface area contributed by atoms with Crippen LogP contribution in [-0.4, -0.2) is 4.57 Å². The molecule has 0 radical (unpaired) electrons. The highest BCUT2D eigenvalue weighted by molar-refractivity contribution is 6.14. The Morgan fingerprint density at radius 2 is 1.05 bits per heavy atom. The van der Waals surface area contributed by atoms with Gasteiger partial charge in [-0.05, 0) is 104 Å². The van der Waals surface area contributed by atoms with Crippen LogP contribution in [-0.2, 0) is 6.42 Å². The molecule has 9 rings (SSSR count). The molecule has 1 heteroatoms. The maximum Gasteiger partial charge on any atom is 0.0547 e. The fourth-order valence-electron chi connectivity index (χ4n) is 7.24. The molecule has 1 nitrogen and oxygen atoms in total. The van der Waals surface area contributed by atoms with Gasteiger partial charge in [-0.25, -0.2) is 0 Å². The van der Waals surface area contributed by atoms with Crippen molar-refractivity contribution in [3.05, 3.63) is 157 Å². The van der Waals surface area contributed by atoms with E-state index >= 15 is 0 Å². The van der Waals surface area contributed by atoms with Gasteiger partial charge in [0, 0.05) is 16.5 Å². The lowest BCUT2D eigenvalue weighted by atomic mass is 9.85. The van der Waals surface area contributed by atoms with E-state index < -0.39 is 0 Å². The third-order valence-electron chi connectivity index (χ3n) is 9.24. The number of nitrogens with zero attached hydrogens (tertiary/aromatic N) is 1. The first-order valence-corrected chi connectivity index (χ1v) is 15.2. The summed E-state index contributed by atoms with van der Waals surface area (Å²) < 4.78 is 2.39. The Morgan fingerprint density at radius 3 is 1.88 bits per heavy atom. The normalized spacial score (nSPS) is 12.8. The molecule has 0 N–H and O–H groups in total. The zero-order chi connectivity index (χ0) is 28.3. The first-order chi connectivity index (χ1) is 21.3. The second kappa shape index (κ2) is 9.58. The number of aromatic nitrogens is 1. The second-order valence-corrected chi connectivity index (χ2v) is 11.6. The molecule has 0 bridgehead atoms. The van der Waals surface area contributed by atoms with E-state index in [-0.39, 0.29) is 0 Å². The van der Waals surface area contributed by atoms with Crippen LogP contribution in [0.3, 0.4) is 0 Å². The van der Waals surface area contributed by atoms with E-state index in [1.807, 2.05) is 0 Å². The predicted molar refractivity (Wildman–Crippen MR) is 184 cm³/mol. The molecule has 7 aromatic carbocycles. The smallest absolute Gasteiger partial charge is 0.0547 e. The fourth-order valence-corrected chi connectivity index (χ4v) is 7.24. The molecule has 0 amide bonds. The van der Waals surface area contributed by atoms with Crippen molar-refractivity contribution >= 4 is 49.4 Å². The molecule has 1 aromatic heterocycles. The van der Waals surface area contributed by atoms with Crippen molar-refractivity contribution < 1.29 is 0 Å². The Kier molecular flexibility index (Phi) is 5.39. The Morgan fingerprint density at radius 1 is 0.419 bits per heavy atom. The van der Waals surface area contributed by atoms with Crippen molar-refractivity contribution in [2.24, 2.45) is 0 Å². The van der Waals surface area contributed by atoms with Crippen molar-refractivity contribution in [2.75, 3.05) is 0 Å². The summed E-state index contributed by atoms with van der Waals surface area (Å²) in [6.45, 7) is 0. The van der Waals surface area contributed by atoms with Gasteiger partial charge in [0.2, 0.25) is 0 Å². The minimum atomic E-state index is 1.10. The minimum Gasteiger partial charge on any atom is -0.309 e. The SMILES string of the molecule is C1=Cc2c(c3ccccc3c3ccc(-c4cccc(-c5ccc6c7ccccc7n(-c7ccccc7)c6c5)c4)cc23)CC1. The number of fused-ring (bicyclic) bond motifs is 9. The molecule has 0 saturated heterocycles. The van der Waals surface area contributed by atoms with E-state index in [1.54, 1.807) is 0 Å². The molecule has 8 aromatic rings. The van der Waals surface area contributed by atoms with Gasteiger partial charge >= 0.3 is 0 Å². The average Bonchev–Trinajstić information content (AvgIpc) is 3.42. The summed E-state index contributed by atoms with van der Waals surface area (Å²) in [5, 5.41) is 7.99. The van der Waals surface area contributed by atoms with Crippen LogP contribution in [0.5, 0.6) is 0 Å². The highest BCUT2D eigenvalue weighted by Crippen LogP contribution is 2.39. The van der Waals surface area contributed by atoms with Crippen LogP contribution in [0.2, 0.25) is 0 Å². The number of hydrogen-bond donors (Lipinski definition) is 0. The minimum absolute atomic E-state index is 1.10. The van der Waals surface area contributed by atoms with E-state index in [4.69, 9.17) is 0 Å². The van der Waals surface area contributed by atoms with Crippen molar-refractivity contribution in [3.63, 3.8) is 0 Å². The van der Waals surface area contributed by atoms with Gasteiger partial charge in [-0.15, -0.1) is 0 Å². The van der Waals surface area contributed by atoms with Crippen LogP contribution in [0.25, 0.3) is 77.4 Å². The number of aryl methyl sites for hydroxylation is 1. The van der Waals surface area contributed by atoms with E-state index in [0.29, 0.717) is 0 Å². The predicted octanol–water partition coefficient (Wildman–Crippen LogP) is 11.4. The fraction of sp³-hybridized carbons (Fsp3) is 0.0476. The van der Waals surface area contributed by atoms with Gasteiger partial charge in [0.05, 0.1) is 11.0 Å². The van der Waals surface area contributed by atoms with Crippen molar-refractivity contribution in [1.29, 1.82) is 0 Å². The standard InChI is InChI=1S/C42H29N/c1-2-13-32(14-3-1)43-41-20-9-8-19-38(41)39-24-22-31(27-42(39)43)29-12-10-11-28(25-29)30-21-23-37-35-17-5-4-15-33(35)34-16-6-7-18-36(34)40(37)26-30/h1-5,7-15,17-27H,6,16H2. The second-order valence-electron chi connectivity index (χ2n) is 11.6. The number of para-hydroxylation sites is 2. The Hall–Kier alpha value is -5.40. The molecular formula is C42H29N. The van der Waals surface area contributed by atoms with Crippen LogP contribution in [0.15, 0.2) is 146 Å². The van der Waals surface area contributed by atoms with E-state index in [0.717, 1.165) is 12.8 Å². The summed E-state index contributed by atoms with van der Waals surface area (Å²) in [7, 11) is 0. The Labute approximate surface area is 251 Å². The van der Waals surface area contributed by atoms with Crippen LogP contribution in [0, 0.1) is 0 Å².